The first-order valence-electron chi connectivity index (χ1n) is 7.18. The molecule has 0 aromatic heterocycles. The largest absolute Gasteiger partial charge is 0.633 e. The van der Waals surface area contributed by atoms with Crippen LogP contribution in [0.25, 0.3) is 0 Å². The van der Waals surface area contributed by atoms with Crippen molar-refractivity contribution in [3.63, 3.8) is 0 Å². The van der Waals surface area contributed by atoms with E-state index >= 15 is 0 Å². The standard InChI is InChI=1S/C14H31NO2/c1-4-5-6-7-8-9-10-11-12-14(16)13-15(2,3)17/h14,16H,4-13H2,1-3H3. The maximum atomic E-state index is 11.3. The predicted octanol–water partition coefficient (Wildman–Crippen LogP) is 3.45. The molecule has 0 radical (unpaired) electrons. The third-order valence-corrected chi connectivity index (χ3v) is 3.04. The Hall–Kier alpha value is -0.120. The predicted molar refractivity (Wildman–Crippen MR) is 73.6 cm³/mol. The molecule has 1 atom stereocenters. The molecule has 0 aliphatic rings. The lowest BCUT2D eigenvalue weighted by Crippen LogP contribution is -2.39. The van der Waals surface area contributed by atoms with Crippen LogP contribution in [0.4, 0.5) is 0 Å². The fourth-order valence-corrected chi connectivity index (χ4v) is 2.11. The second kappa shape index (κ2) is 9.86. The van der Waals surface area contributed by atoms with Gasteiger partial charge < -0.3 is 15.0 Å². The van der Waals surface area contributed by atoms with E-state index in [2.05, 4.69) is 6.92 Å². The van der Waals surface area contributed by atoms with Gasteiger partial charge in [0, 0.05) is 0 Å². The molecule has 0 saturated carbocycles. The topological polar surface area (TPSA) is 43.3 Å². The SMILES string of the molecule is CCCCCCCCCCC(O)C[N+](C)(C)[O-]. The zero-order valence-electron chi connectivity index (χ0n) is 12.0. The summed E-state index contributed by atoms with van der Waals surface area (Å²) in [4.78, 5) is 0. The van der Waals surface area contributed by atoms with Crippen LogP contribution in [-0.2, 0) is 0 Å². The van der Waals surface area contributed by atoms with Crippen LogP contribution < -0.4 is 0 Å². The van der Waals surface area contributed by atoms with Crippen molar-refractivity contribution in [3.05, 3.63) is 5.21 Å². The first-order chi connectivity index (χ1) is 7.95. The molecular formula is C14H31NO2. The zero-order valence-corrected chi connectivity index (χ0v) is 12.0. The third kappa shape index (κ3) is 13.8. The fraction of sp³-hybridized carbons (Fsp3) is 1.00. The summed E-state index contributed by atoms with van der Waals surface area (Å²) in [6, 6.07) is 0. The van der Waals surface area contributed by atoms with Crippen molar-refractivity contribution in [1.82, 2.24) is 0 Å². The summed E-state index contributed by atoms with van der Waals surface area (Å²) >= 11 is 0. The van der Waals surface area contributed by atoms with E-state index < -0.39 is 10.8 Å². The maximum Gasteiger partial charge on any atom is 0.104 e. The average molecular weight is 245 g/mol. The van der Waals surface area contributed by atoms with Crippen molar-refractivity contribution in [2.75, 3.05) is 20.6 Å². The Labute approximate surface area is 107 Å². The summed E-state index contributed by atoms with van der Waals surface area (Å²) in [5.41, 5.74) is 0. The van der Waals surface area contributed by atoms with Gasteiger partial charge in [0.25, 0.3) is 0 Å². The Balaban J connectivity index is 3.22. The summed E-state index contributed by atoms with van der Waals surface area (Å²) in [5, 5.41) is 21.0. The number of hydroxylamine groups is 3. The Morgan fingerprint density at radius 3 is 1.88 bits per heavy atom. The smallest absolute Gasteiger partial charge is 0.104 e. The molecule has 0 aliphatic heterocycles. The Morgan fingerprint density at radius 1 is 0.941 bits per heavy atom. The lowest BCUT2D eigenvalue weighted by Gasteiger charge is -2.35. The number of unbranched alkanes of at least 4 members (excludes halogenated alkanes) is 7. The highest BCUT2D eigenvalue weighted by Crippen LogP contribution is 2.11. The quantitative estimate of drug-likeness (QED) is 0.344. The molecule has 1 unspecified atom stereocenters. The number of hydrogen-bond donors (Lipinski definition) is 1. The van der Waals surface area contributed by atoms with E-state index in [9.17, 15) is 10.3 Å². The van der Waals surface area contributed by atoms with Gasteiger partial charge in [-0.2, -0.15) is 0 Å². The van der Waals surface area contributed by atoms with E-state index in [1.807, 2.05) is 0 Å². The summed E-state index contributed by atoms with van der Waals surface area (Å²) < 4.78 is -0.391. The van der Waals surface area contributed by atoms with Gasteiger partial charge in [0.2, 0.25) is 0 Å². The van der Waals surface area contributed by atoms with Crippen LogP contribution in [0.1, 0.15) is 64.7 Å². The normalized spacial score (nSPS) is 13.9. The van der Waals surface area contributed by atoms with Crippen LogP contribution in [0.3, 0.4) is 0 Å². The van der Waals surface area contributed by atoms with Crippen molar-refractivity contribution in [2.24, 2.45) is 0 Å². The molecule has 0 aromatic carbocycles. The average Bonchev–Trinajstić information content (AvgIpc) is 2.19. The molecule has 104 valence electrons. The van der Waals surface area contributed by atoms with Gasteiger partial charge in [-0.3, -0.25) is 0 Å². The van der Waals surface area contributed by atoms with Gasteiger partial charge in [-0.1, -0.05) is 58.3 Å². The van der Waals surface area contributed by atoms with Crippen LogP contribution in [0.2, 0.25) is 0 Å². The molecule has 0 bridgehead atoms. The highest BCUT2D eigenvalue weighted by Gasteiger charge is 2.11. The highest BCUT2D eigenvalue weighted by molar-refractivity contribution is 4.55. The van der Waals surface area contributed by atoms with Crippen molar-refractivity contribution in [1.29, 1.82) is 0 Å². The fourth-order valence-electron chi connectivity index (χ4n) is 2.11. The summed E-state index contributed by atoms with van der Waals surface area (Å²) in [6.07, 6.45) is 10.5. The van der Waals surface area contributed by atoms with Gasteiger partial charge in [-0.05, 0) is 6.42 Å². The van der Waals surface area contributed by atoms with Crippen LogP contribution in [0.5, 0.6) is 0 Å². The van der Waals surface area contributed by atoms with E-state index in [1.165, 1.54) is 44.9 Å². The molecule has 0 aromatic rings. The molecule has 0 amide bonds. The second-order valence-corrected chi connectivity index (χ2v) is 5.67. The van der Waals surface area contributed by atoms with E-state index in [0.717, 1.165) is 12.8 Å². The van der Waals surface area contributed by atoms with Gasteiger partial charge in [-0.25, -0.2) is 0 Å². The minimum Gasteiger partial charge on any atom is -0.633 e. The minimum atomic E-state index is -0.428. The zero-order chi connectivity index (χ0) is 13.1. The number of quaternary nitrogens is 1. The summed E-state index contributed by atoms with van der Waals surface area (Å²) in [6.45, 7) is 2.55. The van der Waals surface area contributed by atoms with Gasteiger partial charge >= 0.3 is 0 Å². The van der Waals surface area contributed by atoms with E-state index in [4.69, 9.17) is 0 Å². The molecule has 1 N–H and O–H groups in total. The van der Waals surface area contributed by atoms with Crippen molar-refractivity contribution < 1.29 is 9.75 Å². The molecule has 0 heterocycles. The van der Waals surface area contributed by atoms with Crippen molar-refractivity contribution >= 4 is 0 Å². The third-order valence-electron chi connectivity index (χ3n) is 3.04. The van der Waals surface area contributed by atoms with Gasteiger partial charge in [0.1, 0.15) is 12.6 Å². The number of likely N-dealkylation sites (N-methyl/N-ethyl adjacent to an activating group) is 1. The molecule has 0 spiro atoms. The molecule has 0 rings (SSSR count). The number of rotatable bonds is 11. The van der Waals surface area contributed by atoms with Gasteiger partial charge in [-0.15, -0.1) is 0 Å². The van der Waals surface area contributed by atoms with E-state index in [1.54, 1.807) is 14.1 Å². The van der Waals surface area contributed by atoms with Crippen LogP contribution in [0, 0.1) is 5.21 Å². The lowest BCUT2D eigenvalue weighted by atomic mass is 10.1. The maximum absolute atomic E-state index is 11.3. The van der Waals surface area contributed by atoms with Gasteiger partial charge in [0.15, 0.2) is 0 Å². The molecule has 0 saturated heterocycles. The van der Waals surface area contributed by atoms with Crippen molar-refractivity contribution in [3.8, 4) is 0 Å². The highest BCUT2D eigenvalue weighted by atomic mass is 16.5. The minimum absolute atomic E-state index is 0.316. The number of aliphatic hydroxyl groups is 1. The van der Waals surface area contributed by atoms with Crippen LogP contribution in [-0.4, -0.2) is 36.5 Å². The first-order valence-corrected chi connectivity index (χ1v) is 7.18. The molecular weight excluding hydrogens is 214 g/mol. The molecule has 3 heteroatoms. The Morgan fingerprint density at radius 2 is 1.41 bits per heavy atom. The second-order valence-electron chi connectivity index (χ2n) is 5.67. The Kier molecular flexibility index (Phi) is 9.79. The Bertz CT molecular complexity index is 166. The lowest BCUT2D eigenvalue weighted by molar-refractivity contribution is -0.843. The number of nitrogens with zero attached hydrogens (tertiary/aromatic N) is 1. The monoisotopic (exact) mass is 245 g/mol. The molecule has 3 nitrogen and oxygen atoms in total. The number of aliphatic hydroxyl groups excluding tert-OH is 1. The van der Waals surface area contributed by atoms with Crippen LogP contribution >= 0.6 is 0 Å². The number of hydrogen-bond acceptors (Lipinski definition) is 2. The molecule has 17 heavy (non-hydrogen) atoms. The summed E-state index contributed by atoms with van der Waals surface area (Å²) in [7, 11) is 3.16. The molecule has 0 aliphatic carbocycles. The van der Waals surface area contributed by atoms with E-state index in [-0.39, 0.29) is 0 Å². The summed E-state index contributed by atoms with van der Waals surface area (Å²) in [5.74, 6) is 0. The van der Waals surface area contributed by atoms with Crippen molar-refractivity contribution in [2.45, 2.75) is 70.8 Å². The van der Waals surface area contributed by atoms with Crippen LogP contribution in [0.15, 0.2) is 0 Å². The van der Waals surface area contributed by atoms with Gasteiger partial charge in [0.05, 0.1) is 14.1 Å². The van der Waals surface area contributed by atoms with E-state index in [0.29, 0.717) is 6.54 Å². The molecule has 0 fully saturated rings. The first kappa shape index (κ1) is 16.9.